The first-order valence-corrected chi connectivity index (χ1v) is 12.4. The number of benzene rings is 2. The molecule has 1 aliphatic rings. The first-order chi connectivity index (χ1) is 19.2. The van der Waals surface area contributed by atoms with E-state index in [1.54, 1.807) is 31.2 Å². The van der Waals surface area contributed by atoms with E-state index in [0.717, 1.165) is 18.2 Å². The van der Waals surface area contributed by atoms with Crippen LogP contribution in [-0.2, 0) is 15.8 Å². The number of alkyl halides is 3. The van der Waals surface area contributed by atoms with E-state index in [-0.39, 0.29) is 34.7 Å². The number of aliphatic hydroxyl groups is 1. The van der Waals surface area contributed by atoms with Crippen LogP contribution in [0.5, 0.6) is 5.75 Å². The number of aromatic nitrogens is 2. The van der Waals surface area contributed by atoms with Gasteiger partial charge in [0.25, 0.3) is 5.91 Å². The normalized spacial score (nSPS) is 17.9. The predicted molar refractivity (Wildman–Crippen MR) is 140 cm³/mol. The lowest BCUT2D eigenvalue weighted by molar-refractivity contribution is -0.265. The third-order valence-electron chi connectivity index (χ3n) is 7.22. The fourth-order valence-electron chi connectivity index (χ4n) is 4.74. The van der Waals surface area contributed by atoms with Gasteiger partial charge in [-0.15, -0.1) is 0 Å². The van der Waals surface area contributed by atoms with Gasteiger partial charge in [0.2, 0.25) is 11.5 Å². The average molecular weight is 569 g/mol. The number of hydrogen-bond acceptors (Lipinski definition) is 6. The van der Waals surface area contributed by atoms with Crippen molar-refractivity contribution in [3.8, 4) is 17.0 Å². The second kappa shape index (κ2) is 9.81. The smallest absolute Gasteiger partial charge is 0.424 e. The average Bonchev–Trinajstić information content (AvgIpc) is 3.28. The number of amides is 2. The van der Waals surface area contributed by atoms with Gasteiger partial charge in [-0.3, -0.25) is 14.6 Å². The summed E-state index contributed by atoms with van der Waals surface area (Å²) in [5, 5.41) is 13.8. The summed E-state index contributed by atoms with van der Waals surface area (Å²) < 4.78 is 63.2. The van der Waals surface area contributed by atoms with E-state index >= 15 is 0 Å². The molecule has 3 heterocycles. The molecule has 0 spiro atoms. The van der Waals surface area contributed by atoms with Gasteiger partial charge in [-0.2, -0.15) is 13.2 Å². The summed E-state index contributed by atoms with van der Waals surface area (Å²) in [6.45, 7) is 1.43. The van der Waals surface area contributed by atoms with Crippen molar-refractivity contribution in [1.29, 1.82) is 0 Å². The largest absolute Gasteiger partial charge is 0.489 e. The van der Waals surface area contributed by atoms with Gasteiger partial charge in [0.05, 0.1) is 23.3 Å². The van der Waals surface area contributed by atoms with Crippen molar-refractivity contribution in [3.63, 3.8) is 0 Å². The molecule has 4 aromatic rings. The highest BCUT2D eigenvalue weighted by Crippen LogP contribution is 2.47. The highest BCUT2D eigenvalue weighted by atomic mass is 19.4. The monoisotopic (exact) mass is 568 g/mol. The minimum absolute atomic E-state index is 0.0195. The van der Waals surface area contributed by atoms with Gasteiger partial charge >= 0.3 is 6.18 Å². The molecule has 4 N–H and O–H groups in total. The Morgan fingerprint density at radius 1 is 1.10 bits per heavy atom. The number of carbonyl (C=O) groups is 2. The molecule has 212 valence electrons. The van der Waals surface area contributed by atoms with Crippen LogP contribution in [-0.4, -0.2) is 46.2 Å². The highest BCUT2D eigenvalue weighted by molar-refractivity contribution is 6.06. The van der Waals surface area contributed by atoms with Gasteiger partial charge in [-0.1, -0.05) is 18.2 Å². The summed E-state index contributed by atoms with van der Waals surface area (Å²) in [5.41, 5.74) is 0.418. The number of nitrogens with two attached hydrogens (primary N) is 1. The van der Waals surface area contributed by atoms with Crippen molar-refractivity contribution in [2.75, 3.05) is 13.2 Å². The second-order valence-corrected chi connectivity index (χ2v) is 10.1. The molecular weight excluding hydrogens is 544 g/mol. The Morgan fingerprint density at radius 2 is 1.78 bits per heavy atom. The van der Waals surface area contributed by atoms with E-state index in [4.69, 9.17) is 10.5 Å². The highest BCUT2D eigenvalue weighted by Gasteiger charge is 2.57. The minimum Gasteiger partial charge on any atom is -0.489 e. The maximum atomic E-state index is 14.6. The standard InChI is InChI=1S/C29H24F4N4O4/c1-15-11-19(18-5-3-4-6-21(18)36-15)25(38)35-13-28(40,29(31,32)33)22-12-20-24(41-14-27(20,2)26(34)39)23(37-22)16-7-9-17(30)10-8-16/h3-12,40H,13-14H2,1-2H3,(H2,34,39)(H,35,38)/t27-,28-/m0/s1. The quantitative estimate of drug-likeness (QED) is 0.301. The van der Waals surface area contributed by atoms with Gasteiger partial charge < -0.3 is 20.9 Å². The molecule has 8 nitrogen and oxygen atoms in total. The number of fused-ring (bicyclic) bond motifs is 2. The summed E-state index contributed by atoms with van der Waals surface area (Å²) in [6, 6.07) is 13.7. The minimum atomic E-state index is -5.33. The lowest BCUT2D eigenvalue weighted by Gasteiger charge is -2.31. The number of hydrogen-bond donors (Lipinski definition) is 3. The molecule has 0 unspecified atom stereocenters. The first kappa shape index (κ1) is 28.0. The number of carbonyl (C=O) groups excluding carboxylic acids is 2. The lowest BCUT2D eigenvalue weighted by Crippen LogP contribution is -2.51. The Labute approximate surface area is 231 Å². The number of rotatable bonds is 6. The Balaban J connectivity index is 1.62. The maximum absolute atomic E-state index is 14.6. The number of halogens is 4. The molecule has 0 saturated carbocycles. The van der Waals surface area contributed by atoms with Crippen LogP contribution in [0.4, 0.5) is 17.6 Å². The van der Waals surface area contributed by atoms with Crippen molar-refractivity contribution in [2.24, 2.45) is 5.73 Å². The third-order valence-corrected chi connectivity index (χ3v) is 7.22. The number of nitrogens with one attached hydrogen (secondary N) is 1. The second-order valence-electron chi connectivity index (χ2n) is 10.1. The van der Waals surface area contributed by atoms with Gasteiger partial charge in [0.15, 0.2) is 0 Å². The molecule has 2 aromatic carbocycles. The van der Waals surface area contributed by atoms with Crippen LogP contribution in [0.1, 0.15) is 34.2 Å². The van der Waals surface area contributed by atoms with Gasteiger partial charge in [0.1, 0.15) is 29.3 Å². The van der Waals surface area contributed by atoms with Gasteiger partial charge in [0, 0.05) is 22.2 Å². The molecular formula is C29H24F4N4O4. The molecule has 1 aliphatic heterocycles. The van der Waals surface area contributed by atoms with Crippen LogP contribution in [0.25, 0.3) is 22.2 Å². The van der Waals surface area contributed by atoms with E-state index in [1.165, 1.54) is 25.1 Å². The zero-order valence-corrected chi connectivity index (χ0v) is 21.8. The molecule has 0 bridgehead atoms. The van der Waals surface area contributed by atoms with Crippen LogP contribution in [0, 0.1) is 12.7 Å². The van der Waals surface area contributed by atoms with Crippen LogP contribution in [0.2, 0.25) is 0 Å². The van der Waals surface area contributed by atoms with E-state index < -0.39 is 47.1 Å². The summed E-state index contributed by atoms with van der Waals surface area (Å²) in [4.78, 5) is 33.9. The number of primary amides is 1. The van der Waals surface area contributed by atoms with Crippen LogP contribution >= 0.6 is 0 Å². The van der Waals surface area contributed by atoms with E-state index in [2.05, 4.69) is 15.3 Å². The summed E-state index contributed by atoms with van der Waals surface area (Å²) in [6.07, 6.45) is -5.33. The summed E-state index contributed by atoms with van der Waals surface area (Å²) >= 11 is 0. The molecule has 12 heteroatoms. The van der Waals surface area contributed by atoms with Crippen LogP contribution in [0.3, 0.4) is 0 Å². The lowest BCUT2D eigenvalue weighted by atomic mass is 9.81. The molecule has 2 aromatic heterocycles. The number of pyridine rings is 2. The molecule has 0 aliphatic carbocycles. The Morgan fingerprint density at radius 3 is 2.44 bits per heavy atom. The molecule has 0 fully saturated rings. The van der Waals surface area contributed by atoms with Crippen molar-refractivity contribution >= 4 is 22.7 Å². The third kappa shape index (κ3) is 4.73. The van der Waals surface area contributed by atoms with Crippen LogP contribution in [0.15, 0.2) is 60.7 Å². The molecule has 2 amide bonds. The Bertz CT molecular complexity index is 1690. The van der Waals surface area contributed by atoms with E-state index in [0.29, 0.717) is 16.6 Å². The molecule has 0 saturated heterocycles. The van der Waals surface area contributed by atoms with Crippen molar-refractivity contribution in [3.05, 3.63) is 89.0 Å². The molecule has 5 rings (SSSR count). The molecule has 2 atom stereocenters. The predicted octanol–water partition coefficient (Wildman–Crippen LogP) is 4.06. The van der Waals surface area contributed by atoms with Crippen molar-refractivity contribution in [2.45, 2.75) is 31.0 Å². The van der Waals surface area contributed by atoms with Gasteiger partial charge in [-0.05, 0) is 56.3 Å². The van der Waals surface area contributed by atoms with E-state index in [9.17, 15) is 32.3 Å². The SMILES string of the molecule is Cc1cc(C(=O)NC[C@](O)(c2cc3c(c(-c4ccc(F)cc4)n2)OC[C@]3(C)C(N)=O)C(F)(F)F)c2ccccc2n1. The Kier molecular flexibility index (Phi) is 6.69. The number of ether oxygens (including phenoxy) is 1. The topological polar surface area (TPSA) is 127 Å². The van der Waals surface area contributed by atoms with Crippen molar-refractivity contribution in [1.82, 2.24) is 15.3 Å². The van der Waals surface area contributed by atoms with Gasteiger partial charge in [-0.25, -0.2) is 9.37 Å². The Hall–Kier alpha value is -4.58. The molecule has 0 radical (unpaired) electrons. The molecule has 41 heavy (non-hydrogen) atoms. The number of nitrogens with zero attached hydrogens (tertiary/aromatic N) is 2. The fraction of sp³-hybridized carbons (Fsp3) is 0.241. The summed E-state index contributed by atoms with van der Waals surface area (Å²) in [7, 11) is 0. The van der Waals surface area contributed by atoms with E-state index in [1.807, 2.05) is 0 Å². The summed E-state index contributed by atoms with van der Waals surface area (Å²) in [5.74, 6) is -2.37. The van der Waals surface area contributed by atoms with Crippen molar-refractivity contribution < 1.29 is 37.0 Å². The zero-order valence-electron chi connectivity index (χ0n) is 21.8. The number of aryl methyl sites for hydroxylation is 1. The fourth-order valence-corrected chi connectivity index (χ4v) is 4.74. The van der Waals surface area contributed by atoms with Crippen LogP contribution < -0.4 is 15.8 Å². The first-order valence-electron chi connectivity index (χ1n) is 12.4. The number of para-hydroxylation sites is 1. The zero-order chi connectivity index (χ0) is 29.7. The maximum Gasteiger partial charge on any atom is 0.424 e.